The highest BCUT2D eigenvalue weighted by Crippen LogP contribution is 2.37. The van der Waals surface area contributed by atoms with Crippen LogP contribution in [0.15, 0.2) is 0 Å². The van der Waals surface area contributed by atoms with Crippen molar-refractivity contribution in [2.45, 2.75) is 50.9 Å². The Balaban J connectivity index is 2.46. The quantitative estimate of drug-likeness (QED) is 0.682. The molecule has 0 saturated heterocycles. The van der Waals surface area contributed by atoms with Crippen LogP contribution >= 0.6 is 0 Å². The molecule has 3 heteroatoms. The lowest BCUT2D eigenvalue weighted by Gasteiger charge is -2.25. The van der Waals surface area contributed by atoms with Gasteiger partial charge in [0.05, 0.1) is 0 Å². The molecule has 78 valence electrons. The molecule has 0 aromatic rings. The van der Waals surface area contributed by atoms with Crippen molar-refractivity contribution in [2.75, 3.05) is 6.54 Å². The van der Waals surface area contributed by atoms with E-state index in [9.17, 15) is 8.78 Å². The van der Waals surface area contributed by atoms with E-state index >= 15 is 0 Å². The number of hydrogen-bond donors (Lipinski definition) is 1. The van der Waals surface area contributed by atoms with E-state index in [1.165, 1.54) is 0 Å². The number of alkyl halides is 2. The number of halogens is 2. The summed E-state index contributed by atoms with van der Waals surface area (Å²) in [5, 5.41) is 0. The van der Waals surface area contributed by atoms with E-state index < -0.39 is 11.8 Å². The van der Waals surface area contributed by atoms with Crippen LogP contribution in [0.1, 0.15) is 44.9 Å². The minimum absolute atomic E-state index is 0.101. The molecule has 1 saturated carbocycles. The van der Waals surface area contributed by atoms with Gasteiger partial charge in [-0.2, -0.15) is 0 Å². The van der Waals surface area contributed by atoms with Crippen LogP contribution in [0.5, 0.6) is 0 Å². The molecule has 1 nitrogen and oxygen atoms in total. The number of hydrogen-bond acceptors (Lipinski definition) is 1. The van der Waals surface area contributed by atoms with Gasteiger partial charge in [0, 0.05) is 12.3 Å². The molecule has 2 N–H and O–H groups in total. The molecule has 0 heterocycles. The highest BCUT2D eigenvalue weighted by atomic mass is 19.3. The third-order valence-corrected chi connectivity index (χ3v) is 2.93. The predicted molar refractivity (Wildman–Crippen MR) is 49.8 cm³/mol. The summed E-state index contributed by atoms with van der Waals surface area (Å²) in [7, 11) is 0. The van der Waals surface area contributed by atoms with Gasteiger partial charge in [-0.1, -0.05) is 25.7 Å². The predicted octanol–water partition coefficient (Wildman–Crippen LogP) is 2.94. The van der Waals surface area contributed by atoms with Gasteiger partial charge in [0.1, 0.15) is 0 Å². The van der Waals surface area contributed by atoms with Crippen LogP contribution in [-0.4, -0.2) is 12.5 Å². The average molecular weight is 191 g/mol. The van der Waals surface area contributed by atoms with Crippen LogP contribution in [0.25, 0.3) is 0 Å². The first-order valence-corrected chi connectivity index (χ1v) is 5.24. The Hall–Kier alpha value is -0.180. The van der Waals surface area contributed by atoms with Crippen molar-refractivity contribution in [3.63, 3.8) is 0 Å². The van der Waals surface area contributed by atoms with Gasteiger partial charge in [-0.15, -0.1) is 0 Å². The smallest absolute Gasteiger partial charge is 0.252 e. The van der Waals surface area contributed by atoms with Gasteiger partial charge in [0.15, 0.2) is 0 Å². The van der Waals surface area contributed by atoms with Crippen molar-refractivity contribution >= 4 is 0 Å². The Bertz CT molecular complexity index is 140. The zero-order valence-corrected chi connectivity index (χ0v) is 8.07. The van der Waals surface area contributed by atoms with Gasteiger partial charge >= 0.3 is 0 Å². The molecule has 0 bridgehead atoms. The maximum absolute atomic E-state index is 13.4. The maximum atomic E-state index is 13.4. The molecule has 1 fully saturated rings. The molecule has 0 unspecified atom stereocenters. The molecule has 1 rings (SSSR count). The third kappa shape index (κ3) is 3.22. The molecular formula is C10H19F2N. The van der Waals surface area contributed by atoms with E-state index in [0.717, 1.165) is 25.7 Å². The first-order valence-electron chi connectivity index (χ1n) is 5.24. The van der Waals surface area contributed by atoms with Gasteiger partial charge in [-0.25, -0.2) is 8.78 Å². The first-order chi connectivity index (χ1) is 6.17. The van der Waals surface area contributed by atoms with Gasteiger partial charge in [-0.3, -0.25) is 0 Å². The Labute approximate surface area is 78.7 Å². The molecule has 0 aromatic heterocycles. The molecule has 0 aromatic carbocycles. The lowest BCUT2D eigenvalue weighted by Crippen LogP contribution is -2.30. The maximum Gasteiger partial charge on any atom is 0.252 e. The van der Waals surface area contributed by atoms with Gasteiger partial charge in [0.25, 0.3) is 5.92 Å². The molecule has 0 radical (unpaired) electrons. The van der Waals surface area contributed by atoms with Gasteiger partial charge in [0.2, 0.25) is 0 Å². The molecule has 1 aliphatic carbocycles. The molecule has 1 aliphatic rings. The summed E-state index contributed by atoms with van der Waals surface area (Å²) in [4.78, 5) is 0. The van der Waals surface area contributed by atoms with Crippen LogP contribution in [-0.2, 0) is 0 Å². The molecule has 0 aliphatic heterocycles. The fourth-order valence-corrected chi connectivity index (χ4v) is 2.10. The summed E-state index contributed by atoms with van der Waals surface area (Å²) in [6.45, 7) is 0.101. The second-order valence-corrected chi connectivity index (χ2v) is 3.99. The second-order valence-electron chi connectivity index (χ2n) is 3.99. The molecular weight excluding hydrogens is 172 g/mol. The summed E-state index contributed by atoms with van der Waals surface area (Å²) >= 11 is 0. The third-order valence-electron chi connectivity index (χ3n) is 2.93. The van der Waals surface area contributed by atoms with E-state index in [1.807, 2.05) is 0 Å². The van der Waals surface area contributed by atoms with Crippen molar-refractivity contribution in [2.24, 2.45) is 11.7 Å². The fraction of sp³-hybridized carbons (Fsp3) is 1.00. The highest BCUT2D eigenvalue weighted by molar-refractivity contribution is 4.79. The lowest BCUT2D eigenvalue weighted by molar-refractivity contribution is -0.0681. The van der Waals surface area contributed by atoms with Crippen LogP contribution in [0, 0.1) is 5.92 Å². The zero-order valence-electron chi connectivity index (χ0n) is 8.07. The van der Waals surface area contributed by atoms with Crippen molar-refractivity contribution < 1.29 is 8.78 Å². The van der Waals surface area contributed by atoms with Gasteiger partial charge in [-0.05, 0) is 19.4 Å². The monoisotopic (exact) mass is 191 g/mol. The Morgan fingerprint density at radius 3 is 2.08 bits per heavy atom. The number of rotatable bonds is 3. The van der Waals surface area contributed by atoms with Crippen molar-refractivity contribution in [3.05, 3.63) is 0 Å². The SMILES string of the molecule is NCCC(F)(F)C1CCCCCC1. The van der Waals surface area contributed by atoms with Crippen molar-refractivity contribution in [3.8, 4) is 0 Å². The standard InChI is InChI=1S/C10H19F2N/c11-10(12,7-8-13)9-5-3-1-2-4-6-9/h9H,1-8,13H2. The second kappa shape index (κ2) is 4.89. The van der Waals surface area contributed by atoms with E-state index in [0.29, 0.717) is 12.8 Å². The first kappa shape index (κ1) is 10.9. The van der Waals surface area contributed by atoms with Crippen LogP contribution in [0.3, 0.4) is 0 Å². The van der Waals surface area contributed by atoms with Crippen molar-refractivity contribution in [1.29, 1.82) is 0 Å². The molecule has 0 amide bonds. The summed E-state index contributed by atoms with van der Waals surface area (Å²) in [5.41, 5.74) is 5.18. The summed E-state index contributed by atoms with van der Waals surface area (Å²) in [6, 6.07) is 0. The van der Waals surface area contributed by atoms with Crippen LogP contribution in [0.4, 0.5) is 8.78 Å². The topological polar surface area (TPSA) is 26.0 Å². The van der Waals surface area contributed by atoms with Gasteiger partial charge < -0.3 is 5.73 Å². The molecule has 0 atom stereocenters. The highest BCUT2D eigenvalue weighted by Gasteiger charge is 2.37. The van der Waals surface area contributed by atoms with Crippen LogP contribution in [0.2, 0.25) is 0 Å². The Morgan fingerprint density at radius 2 is 1.62 bits per heavy atom. The molecule has 0 spiro atoms. The summed E-state index contributed by atoms with van der Waals surface area (Å²) < 4.78 is 26.8. The zero-order chi connectivity index (χ0) is 9.73. The largest absolute Gasteiger partial charge is 0.330 e. The van der Waals surface area contributed by atoms with E-state index in [1.54, 1.807) is 0 Å². The number of nitrogens with two attached hydrogens (primary N) is 1. The minimum Gasteiger partial charge on any atom is -0.330 e. The van der Waals surface area contributed by atoms with E-state index in [4.69, 9.17) is 5.73 Å². The fourth-order valence-electron chi connectivity index (χ4n) is 2.10. The van der Waals surface area contributed by atoms with E-state index in [-0.39, 0.29) is 13.0 Å². The lowest BCUT2D eigenvalue weighted by atomic mass is 9.91. The van der Waals surface area contributed by atoms with Crippen molar-refractivity contribution in [1.82, 2.24) is 0 Å². The Kier molecular flexibility index (Phi) is 4.10. The van der Waals surface area contributed by atoms with E-state index in [2.05, 4.69) is 0 Å². The Morgan fingerprint density at radius 1 is 1.08 bits per heavy atom. The summed E-state index contributed by atoms with van der Waals surface area (Å²) in [5.74, 6) is -2.92. The minimum atomic E-state index is -2.51. The normalized spacial score (nSPS) is 21.5. The van der Waals surface area contributed by atoms with Crippen LogP contribution < -0.4 is 5.73 Å². The molecule has 13 heavy (non-hydrogen) atoms. The summed E-state index contributed by atoms with van der Waals surface area (Å²) in [6.07, 6.45) is 5.40. The average Bonchev–Trinajstić information content (AvgIpc) is 2.31.